The fraction of sp³-hybridized carbons (Fsp3) is 0.267. The van der Waals surface area contributed by atoms with Gasteiger partial charge in [-0.15, -0.1) is 0 Å². The second-order valence-electron chi connectivity index (χ2n) is 4.54. The van der Waals surface area contributed by atoms with Crippen molar-refractivity contribution in [2.45, 2.75) is 20.4 Å². The highest BCUT2D eigenvalue weighted by molar-refractivity contribution is 5.87. The molecule has 0 bridgehead atoms. The lowest BCUT2D eigenvalue weighted by molar-refractivity contribution is 0.0594. The van der Waals surface area contributed by atoms with Gasteiger partial charge in [-0.1, -0.05) is 6.07 Å². The van der Waals surface area contributed by atoms with Crippen molar-refractivity contribution in [3.8, 4) is 0 Å². The lowest BCUT2D eigenvalue weighted by Gasteiger charge is -2.07. The van der Waals surface area contributed by atoms with Crippen molar-refractivity contribution in [1.82, 2.24) is 4.98 Å². The number of benzene rings is 1. The third kappa shape index (κ3) is 3.16. The Bertz CT molecular complexity index is 588. The molecule has 0 amide bonds. The molecule has 2 N–H and O–H groups in total. The first-order valence-electron chi connectivity index (χ1n) is 6.17. The number of rotatable bonds is 4. The van der Waals surface area contributed by atoms with E-state index in [2.05, 4.69) is 41.0 Å². The van der Waals surface area contributed by atoms with Crippen molar-refractivity contribution in [3.63, 3.8) is 0 Å². The fourth-order valence-corrected chi connectivity index (χ4v) is 1.82. The number of H-pyrrole nitrogens is 1. The van der Waals surface area contributed by atoms with E-state index in [1.807, 2.05) is 12.1 Å². The highest BCUT2D eigenvalue weighted by Gasteiger charge is 2.07. The Hall–Kier alpha value is -2.23. The van der Waals surface area contributed by atoms with Gasteiger partial charge in [-0.05, 0) is 49.2 Å². The van der Waals surface area contributed by atoms with Crippen LogP contribution in [0.3, 0.4) is 0 Å². The third-order valence-corrected chi connectivity index (χ3v) is 3.14. The normalized spacial score (nSPS) is 10.3. The number of carbonyl (C=O) groups excluding carboxylic acids is 1. The zero-order valence-electron chi connectivity index (χ0n) is 11.4. The number of ether oxygens (including phenoxy) is 1. The Morgan fingerprint density at radius 3 is 2.68 bits per heavy atom. The molecule has 0 fully saturated rings. The minimum absolute atomic E-state index is 0.350. The molecule has 0 aliphatic heterocycles. The van der Waals surface area contributed by atoms with Gasteiger partial charge in [0.2, 0.25) is 0 Å². The molecular weight excluding hydrogens is 240 g/mol. The second kappa shape index (κ2) is 5.61. The number of nitrogens with one attached hydrogen (secondary N) is 2. The van der Waals surface area contributed by atoms with Gasteiger partial charge in [0.1, 0.15) is 5.69 Å². The van der Waals surface area contributed by atoms with Gasteiger partial charge in [-0.25, -0.2) is 4.79 Å². The molecule has 0 saturated carbocycles. The van der Waals surface area contributed by atoms with Crippen LogP contribution in [0.4, 0.5) is 5.69 Å². The van der Waals surface area contributed by atoms with E-state index < -0.39 is 0 Å². The SMILES string of the molecule is COC(=O)c1ccc(CNc2ccc(C)c(C)c2)[nH]1. The van der Waals surface area contributed by atoms with Gasteiger partial charge in [0.05, 0.1) is 13.7 Å². The molecule has 4 nitrogen and oxygen atoms in total. The molecule has 1 aromatic heterocycles. The molecule has 100 valence electrons. The molecule has 0 aliphatic carbocycles. The van der Waals surface area contributed by atoms with Gasteiger partial charge in [0.15, 0.2) is 0 Å². The second-order valence-corrected chi connectivity index (χ2v) is 4.54. The molecule has 0 unspecified atom stereocenters. The first kappa shape index (κ1) is 13.2. The van der Waals surface area contributed by atoms with Crippen molar-refractivity contribution in [2.24, 2.45) is 0 Å². The van der Waals surface area contributed by atoms with Crippen LogP contribution in [0.25, 0.3) is 0 Å². The Labute approximate surface area is 112 Å². The van der Waals surface area contributed by atoms with Crippen LogP contribution in [-0.2, 0) is 11.3 Å². The number of anilines is 1. The molecule has 1 heterocycles. The predicted molar refractivity (Wildman–Crippen MR) is 75.4 cm³/mol. The van der Waals surface area contributed by atoms with Crippen LogP contribution in [0.5, 0.6) is 0 Å². The molecule has 0 aliphatic rings. The molecule has 2 aromatic rings. The number of aromatic nitrogens is 1. The molecule has 0 saturated heterocycles. The maximum Gasteiger partial charge on any atom is 0.354 e. The summed E-state index contributed by atoms with van der Waals surface area (Å²) in [4.78, 5) is 14.3. The molecule has 0 atom stereocenters. The summed E-state index contributed by atoms with van der Waals surface area (Å²) in [5.41, 5.74) is 5.01. The zero-order chi connectivity index (χ0) is 13.8. The summed E-state index contributed by atoms with van der Waals surface area (Å²) in [6, 6.07) is 9.85. The van der Waals surface area contributed by atoms with Crippen molar-refractivity contribution in [1.29, 1.82) is 0 Å². The first-order chi connectivity index (χ1) is 9.10. The predicted octanol–water partition coefficient (Wildman–Crippen LogP) is 3.03. The van der Waals surface area contributed by atoms with Crippen molar-refractivity contribution < 1.29 is 9.53 Å². The van der Waals surface area contributed by atoms with E-state index in [0.29, 0.717) is 12.2 Å². The zero-order valence-corrected chi connectivity index (χ0v) is 11.4. The monoisotopic (exact) mass is 258 g/mol. The molecule has 0 spiro atoms. The van der Waals surface area contributed by atoms with Crippen molar-refractivity contribution in [2.75, 3.05) is 12.4 Å². The van der Waals surface area contributed by atoms with Crippen LogP contribution in [0.1, 0.15) is 27.3 Å². The number of hydrogen-bond donors (Lipinski definition) is 2. The van der Waals surface area contributed by atoms with Gasteiger partial charge >= 0.3 is 5.97 Å². The Balaban J connectivity index is 2.00. The number of aryl methyl sites for hydroxylation is 2. The molecule has 4 heteroatoms. The van der Waals surface area contributed by atoms with E-state index in [1.54, 1.807) is 6.07 Å². The number of methoxy groups -OCH3 is 1. The highest BCUT2D eigenvalue weighted by atomic mass is 16.5. The van der Waals surface area contributed by atoms with Crippen molar-refractivity contribution >= 4 is 11.7 Å². The summed E-state index contributed by atoms with van der Waals surface area (Å²) in [7, 11) is 1.37. The first-order valence-corrected chi connectivity index (χ1v) is 6.17. The standard InChI is InChI=1S/C15H18N2O2/c1-10-4-5-12(8-11(10)2)16-9-13-6-7-14(17-13)15(18)19-3/h4-8,16-17H,9H2,1-3H3. The minimum Gasteiger partial charge on any atom is -0.464 e. The fourth-order valence-electron chi connectivity index (χ4n) is 1.82. The molecular formula is C15H18N2O2. The van der Waals surface area contributed by atoms with Crippen LogP contribution in [0.2, 0.25) is 0 Å². The lowest BCUT2D eigenvalue weighted by atomic mass is 10.1. The summed E-state index contributed by atoms with van der Waals surface area (Å²) in [5, 5.41) is 3.32. The molecule has 19 heavy (non-hydrogen) atoms. The van der Waals surface area contributed by atoms with Gasteiger partial charge in [0, 0.05) is 11.4 Å². The maximum absolute atomic E-state index is 11.3. The molecule has 0 radical (unpaired) electrons. The van der Waals surface area contributed by atoms with E-state index >= 15 is 0 Å². The number of carbonyl (C=O) groups is 1. The summed E-state index contributed by atoms with van der Waals surface area (Å²) in [6.45, 7) is 4.82. The van der Waals surface area contributed by atoms with Crippen LogP contribution < -0.4 is 5.32 Å². The van der Waals surface area contributed by atoms with Crippen molar-refractivity contribution in [3.05, 3.63) is 52.8 Å². The highest BCUT2D eigenvalue weighted by Crippen LogP contribution is 2.15. The third-order valence-electron chi connectivity index (χ3n) is 3.14. The lowest BCUT2D eigenvalue weighted by Crippen LogP contribution is -2.04. The summed E-state index contributed by atoms with van der Waals surface area (Å²) in [5.74, 6) is -0.350. The smallest absolute Gasteiger partial charge is 0.354 e. The minimum atomic E-state index is -0.350. The van der Waals surface area contributed by atoms with E-state index in [0.717, 1.165) is 11.4 Å². The molecule has 1 aromatic carbocycles. The van der Waals surface area contributed by atoms with Crippen LogP contribution >= 0.6 is 0 Å². The number of hydrogen-bond acceptors (Lipinski definition) is 3. The van der Waals surface area contributed by atoms with E-state index in [-0.39, 0.29) is 5.97 Å². The maximum atomic E-state index is 11.3. The van der Waals surface area contributed by atoms with E-state index in [4.69, 9.17) is 0 Å². The quantitative estimate of drug-likeness (QED) is 0.829. The average Bonchev–Trinajstić information content (AvgIpc) is 2.88. The van der Waals surface area contributed by atoms with Gasteiger partial charge in [-0.3, -0.25) is 0 Å². The van der Waals surface area contributed by atoms with E-state index in [9.17, 15) is 4.79 Å². The summed E-state index contributed by atoms with van der Waals surface area (Å²) in [6.07, 6.45) is 0. The number of aromatic amines is 1. The Kier molecular flexibility index (Phi) is 3.90. The molecule has 2 rings (SSSR count). The Morgan fingerprint density at radius 2 is 2.00 bits per heavy atom. The Morgan fingerprint density at radius 1 is 1.21 bits per heavy atom. The van der Waals surface area contributed by atoms with Crippen LogP contribution in [-0.4, -0.2) is 18.1 Å². The van der Waals surface area contributed by atoms with Crippen LogP contribution in [0, 0.1) is 13.8 Å². The van der Waals surface area contributed by atoms with Gasteiger partial charge in [0.25, 0.3) is 0 Å². The largest absolute Gasteiger partial charge is 0.464 e. The van der Waals surface area contributed by atoms with Crippen LogP contribution in [0.15, 0.2) is 30.3 Å². The van der Waals surface area contributed by atoms with E-state index in [1.165, 1.54) is 18.2 Å². The number of esters is 1. The summed E-state index contributed by atoms with van der Waals surface area (Å²) < 4.78 is 4.65. The topological polar surface area (TPSA) is 54.1 Å². The van der Waals surface area contributed by atoms with Gasteiger partial charge in [-0.2, -0.15) is 0 Å². The summed E-state index contributed by atoms with van der Waals surface area (Å²) >= 11 is 0. The van der Waals surface area contributed by atoms with Gasteiger partial charge < -0.3 is 15.0 Å². The average molecular weight is 258 g/mol.